The number of likely N-dealkylation sites (tertiary alicyclic amines) is 1. The van der Waals surface area contributed by atoms with Crippen LogP contribution in [0.2, 0.25) is 0 Å². The number of rotatable bonds is 5. The van der Waals surface area contributed by atoms with Crippen LogP contribution < -0.4 is 4.72 Å². The van der Waals surface area contributed by atoms with Crippen molar-refractivity contribution in [1.82, 2.24) is 4.90 Å². The Labute approximate surface area is 130 Å². The van der Waals surface area contributed by atoms with E-state index in [-0.39, 0.29) is 11.2 Å². The van der Waals surface area contributed by atoms with E-state index in [1.807, 2.05) is 18.4 Å². The molecule has 0 spiro atoms. The molecule has 3 nitrogen and oxygen atoms in total. The fourth-order valence-corrected chi connectivity index (χ4v) is 3.11. The molecule has 1 aromatic rings. The van der Waals surface area contributed by atoms with Crippen LogP contribution in [0.1, 0.15) is 31.7 Å². The predicted molar refractivity (Wildman–Crippen MR) is 86.4 cm³/mol. The molecule has 1 saturated heterocycles. The van der Waals surface area contributed by atoms with Crippen LogP contribution in [0.4, 0.5) is 10.1 Å². The number of hydrogen-bond donors (Lipinski definition) is 1. The molecule has 0 saturated carbocycles. The minimum absolute atomic E-state index is 0.166. The van der Waals surface area contributed by atoms with E-state index >= 15 is 0 Å². The number of benzene rings is 1. The number of nitrogens with zero attached hydrogens (tertiary/aromatic N) is 2. The van der Waals surface area contributed by atoms with Crippen molar-refractivity contribution in [2.24, 2.45) is 5.41 Å². The smallest absolute Gasteiger partial charge is 0.147 e. The number of piperidine rings is 1. The van der Waals surface area contributed by atoms with Gasteiger partial charge in [-0.3, -0.25) is 4.90 Å². The third-order valence-corrected chi connectivity index (χ3v) is 4.64. The number of anilines is 1. The fourth-order valence-electron chi connectivity index (χ4n) is 2.74. The van der Waals surface area contributed by atoms with Gasteiger partial charge >= 0.3 is 0 Å². The van der Waals surface area contributed by atoms with Crippen molar-refractivity contribution >= 4 is 17.6 Å². The van der Waals surface area contributed by atoms with Crippen molar-refractivity contribution in [2.45, 2.75) is 32.7 Å². The first-order chi connectivity index (χ1) is 10.1. The summed E-state index contributed by atoms with van der Waals surface area (Å²) in [5.74, 6) is -0.215. The number of halogens is 1. The minimum Gasteiger partial charge on any atom is -0.328 e. The molecule has 5 heteroatoms. The highest BCUT2D eigenvalue weighted by Crippen LogP contribution is 2.34. The van der Waals surface area contributed by atoms with Crippen molar-refractivity contribution in [1.29, 1.82) is 5.26 Å². The van der Waals surface area contributed by atoms with E-state index in [1.165, 1.54) is 18.0 Å². The second-order valence-corrected chi connectivity index (χ2v) is 6.65. The van der Waals surface area contributed by atoms with Crippen LogP contribution in [0, 0.1) is 22.6 Å². The van der Waals surface area contributed by atoms with Crippen molar-refractivity contribution in [2.75, 3.05) is 24.1 Å². The summed E-state index contributed by atoms with van der Waals surface area (Å²) < 4.78 is 16.6. The highest BCUT2D eigenvalue weighted by atomic mass is 32.2. The molecule has 0 radical (unpaired) electrons. The summed E-state index contributed by atoms with van der Waals surface area (Å²) >= 11 is 1.39. The molecule has 114 valence electrons. The van der Waals surface area contributed by atoms with E-state index in [1.54, 1.807) is 0 Å². The maximum absolute atomic E-state index is 13.6. The highest BCUT2D eigenvalue weighted by Gasteiger charge is 2.29. The van der Waals surface area contributed by atoms with Crippen molar-refractivity contribution in [3.8, 4) is 6.07 Å². The van der Waals surface area contributed by atoms with E-state index < -0.39 is 0 Å². The van der Waals surface area contributed by atoms with Gasteiger partial charge in [-0.25, -0.2) is 4.39 Å². The minimum atomic E-state index is -0.215. The summed E-state index contributed by atoms with van der Waals surface area (Å²) in [4.78, 5) is 2.38. The highest BCUT2D eigenvalue weighted by molar-refractivity contribution is 7.99. The maximum Gasteiger partial charge on any atom is 0.147 e. The Morgan fingerprint density at radius 2 is 2.14 bits per heavy atom. The molecular weight excluding hydrogens is 285 g/mol. The molecule has 1 fully saturated rings. The summed E-state index contributed by atoms with van der Waals surface area (Å²) in [6.45, 7) is 5.04. The molecule has 1 N–H and O–H groups in total. The lowest BCUT2D eigenvalue weighted by molar-refractivity contribution is 0.116. The maximum atomic E-state index is 13.6. The molecule has 1 aromatic carbocycles. The number of hydrogen-bond acceptors (Lipinski definition) is 4. The summed E-state index contributed by atoms with van der Waals surface area (Å²) in [5, 5.41) is 8.88. The SMILES string of the molecule is CSNc1cc(CN2CCC(C)(CC#N)CC2)ccc1F. The van der Waals surface area contributed by atoms with Crippen molar-refractivity contribution < 1.29 is 4.39 Å². The molecule has 2 rings (SSSR count). The molecule has 1 aliphatic heterocycles. The van der Waals surface area contributed by atoms with Crippen LogP contribution in [0.15, 0.2) is 18.2 Å². The summed E-state index contributed by atoms with van der Waals surface area (Å²) in [6.07, 6.45) is 4.63. The molecular formula is C16H22FN3S. The Morgan fingerprint density at radius 3 is 2.76 bits per heavy atom. The third kappa shape index (κ3) is 4.36. The second kappa shape index (κ2) is 7.15. The molecule has 0 bridgehead atoms. The number of nitriles is 1. The molecule has 1 aliphatic rings. The van der Waals surface area contributed by atoms with Gasteiger partial charge < -0.3 is 4.72 Å². The zero-order chi connectivity index (χ0) is 15.3. The molecule has 0 atom stereocenters. The average Bonchev–Trinajstić information content (AvgIpc) is 2.46. The summed E-state index contributed by atoms with van der Waals surface area (Å²) in [6, 6.07) is 7.56. The lowest BCUT2D eigenvalue weighted by atomic mass is 9.78. The average molecular weight is 307 g/mol. The lowest BCUT2D eigenvalue weighted by Crippen LogP contribution is -2.38. The van der Waals surface area contributed by atoms with Gasteiger partial charge in [0, 0.05) is 19.2 Å². The van der Waals surface area contributed by atoms with Crippen molar-refractivity contribution in [3.63, 3.8) is 0 Å². The van der Waals surface area contributed by atoms with Crippen LogP contribution in [-0.2, 0) is 6.54 Å². The van der Waals surface area contributed by atoms with Gasteiger partial charge in [0.05, 0.1) is 11.8 Å². The zero-order valence-corrected chi connectivity index (χ0v) is 13.5. The Bertz CT molecular complexity index is 519. The van der Waals surface area contributed by atoms with Gasteiger partial charge in [-0.15, -0.1) is 0 Å². The van der Waals surface area contributed by atoms with Crippen LogP contribution in [-0.4, -0.2) is 24.2 Å². The standard InChI is InChI=1S/C16H22FN3S/c1-16(5-8-18)6-9-20(10-7-16)12-13-3-4-14(17)15(11-13)19-21-2/h3-4,11,19H,5-7,9-10,12H2,1-2H3. The zero-order valence-electron chi connectivity index (χ0n) is 12.7. The Balaban J connectivity index is 1.95. The Kier molecular flexibility index (Phi) is 5.49. The van der Waals surface area contributed by atoms with Crippen LogP contribution >= 0.6 is 11.9 Å². The number of nitrogens with one attached hydrogen (secondary N) is 1. The van der Waals surface area contributed by atoms with Gasteiger partial charge in [-0.2, -0.15) is 5.26 Å². The van der Waals surface area contributed by atoms with Gasteiger partial charge in [0.1, 0.15) is 5.82 Å². The monoisotopic (exact) mass is 307 g/mol. The van der Waals surface area contributed by atoms with E-state index in [4.69, 9.17) is 5.26 Å². The molecule has 0 unspecified atom stereocenters. The van der Waals surface area contributed by atoms with E-state index in [9.17, 15) is 4.39 Å². The largest absolute Gasteiger partial charge is 0.328 e. The second-order valence-electron chi connectivity index (χ2n) is 6.04. The first-order valence-electron chi connectivity index (χ1n) is 7.23. The first kappa shape index (κ1) is 16.1. The van der Waals surface area contributed by atoms with Crippen molar-refractivity contribution in [3.05, 3.63) is 29.6 Å². The third-order valence-electron chi connectivity index (χ3n) is 4.22. The predicted octanol–water partition coefficient (Wildman–Crippen LogP) is 4.03. The topological polar surface area (TPSA) is 39.1 Å². The molecule has 21 heavy (non-hydrogen) atoms. The fraction of sp³-hybridized carbons (Fsp3) is 0.562. The van der Waals surface area contributed by atoms with Crippen LogP contribution in [0.5, 0.6) is 0 Å². The van der Waals surface area contributed by atoms with E-state index in [0.29, 0.717) is 12.1 Å². The lowest BCUT2D eigenvalue weighted by Gasteiger charge is -2.38. The van der Waals surface area contributed by atoms with Gasteiger partial charge in [0.2, 0.25) is 0 Å². The molecule has 0 aliphatic carbocycles. The molecule has 0 amide bonds. The Hall–Kier alpha value is -1.25. The van der Waals surface area contributed by atoms with Gasteiger partial charge in [0.25, 0.3) is 0 Å². The van der Waals surface area contributed by atoms with Crippen LogP contribution in [0.3, 0.4) is 0 Å². The Morgan fingerprint density at radius 1 is 1.43 bits per heavy atom. The van der Waals surface area contributed by atoms with E-state index in [2.05, 4.69) is 22.6 Å². The van der Waals surface area contributed by atoms with Gasteiger partial charge in [-0.05, 0) is 49.0 Å². The molecule has 1 heterocycles. The quantitative estimate of drug-likeness (QED) is 0.834. The van der Waals surface area contributed by atoms with Gasteiger partial charge in [0.15, 0.2) is 0 Å². The van der Waals surface area contributed by atoms with Gasteiger partial charge in [-0.1, -0.05) is 24.9 Å². The normalized spacial score (nSPS) is 18.2. The van der Waals surface area contributed by atoms with Crippen LogP contribution in [0.25, 0.3) is 0 Å². The summed E-state index contributed by atoms with van der Waals surface area (Å²) in [7, 11) is 0. The summed E-state index contributed by atoms with van der Waals surface area (Å²) in [5.41, 5.74) is 1.84. The molecule has 0 aromatic heterocycles. The first-order valence-corrected chi connectivity index (χ1v) is 8.45. The van der Waals surface area contributed by atoms with E-state index in [0.717, 1.165) is 38.0 Å².